The average Bonchev–Trinajstić information content (AvgIpc) is 2.05. The minimum Gasteiger partial charge on any atom is -0.422 e. The normalized spacial score (nSPS) is 8.82. The Balaban J connectivity index is 3.03. The topological polar surface area (TPSA) is 90.0 Å². The van der Waals surface area contributed by atoms with Crippen LogP contribution in [0.5, 0.6) is 0 Å². The van der Waals surface area contributed by atoms with Crippen LogP contribution in [-0.2, 0) is 0 Å². The predicted molar refractivity (Wildman–Crippen MR) is 36.6 cm³/mol. The highest BCUT2D eigenvalue weighted by Crippen LogP contribution is 1.83. The second-order valence-electron chi connectivity index (χ2n) is 1.81. The Hall–Kier alpha value is -1.45. The fraction of sp³-hybridized carbons (Fsp3) is 0. The first-order chi connectivity index (χ1) is 5.24. The van der Waals surface area contributed by atoms with Crippen molar-refractivity contribution < 1.29 is 10.0 Å². The number of nitrogens with zero attached hydrogens (tertiary/aromatic N) is 3. The molecule has 2 N–H and O–H groups in total. The highest BCUT2D eigenvalue weighted by Gasteiger charge is 2.13. The van der Waals surface area contributed by atoms with Gasteiger partial charge in [0.05, 0.1) is 11.8 Å². The Bertz CT molecular complexity index is 296. The summed E-state index contributed by atoms with van der Waals surface area (Å²) in [6.45, 7) is 0. The molecular weight excluding hydrogens is 145 g/mol. The molecule has 54 valence electrons. The van der Waals surface area contributed by atoms with Gasteiger partial charge in [0.2, 0.25) is 0 Å². The van der Waals surface area contributed by atoms with Gasteiger partial charge in [0, 0.05) is 6.20 Å². The van der Waals surface area contributed by atoms with Gasteiger partial charge in [0.25, 0.3) is 0 Å². The van der Waals surface area contributed by atoms with Crippen LogP contribution in [0.3, 0.4) is 0 Å². The lowest BCUT2D eigenvalue weighted by molar-refractivity contribution is 0.424. The van der Waals surface area contributed by atoms with E-state index in [9.17, 15) is 0 Å². The van der Waals surface area contributed by atoms with E-state index in [1.165, 1.54) is 12.4 Å². The highest BCUT2D eigenvalue weighted by molar-refractivity contribution is 6.57. The zero-order valence-corrected chi connectivity index (χ0v) is 5.47. The average molecular weight is 149 g/mol. The maximum Gasteiger partial charge on any atom is 0.509 e. The van der Waals surface area contributed by atoms with Crippen molar-refractivity contribution in [3.63, 3.8) is 0 Å². The van der Waals surface area contributed by atoms with E-state index in [0.29, 0.717) is 0 Å². The largest absolute Gasteiger partial charge is 0.509 e. The molecule has 0 aromatic carbocycles. The molecule has 11 heavy (non-hydrogen) atoms. The van der Waals surface area contributed by atoms with E-state index in [0.717, 1.165) is 0 Å². The third-order valence-electron chi connectivity index (χ3n) is 1.03. The SMILES string of the molecule is N#Cc1cncc(B(O)O)n1. The lowest BCUT2D eigenvalue weighted by atomic mass is 9.87. The molecule has 0 fully saturated rings. The maximum atomic E-state index is 8.59. The quantitative estimate of drug-likeness (QED) is 0.452. The van der Waals surface area contributed by atoms with Crippen molar-refractivity contribution >= 4 is 12.7 Å². The van der Waals surface area contributed by atoms with Gasteiger partial charge in [0.15, 0.2) is 5.69 Å². The minimum absolute atomic E-state index is 0.0240. The van der Waals surface area contributed by atoms with Crippen LogP contribution in [0.1, 0.15) is 5.69 Å². The third-order valence-corrected chi connectivity index (χ3v) is 1.03. The van der Waals surface area contributed by atoms with Gasteiger partial charge in [0.1, 0.15) is 6.07 Å². The van der Waals surface area contributed by atoms with Crippen molar-refractivity contribution in [2.24, 2.45) is 0 Å². The Morgan fingerprint density at radius 2 is 2.18 bits per heavy atom. The Kier molecular flexibility index (Phi) is 2.16. The van der Waals surface area contributed by atoms with E-state index >= 15 is 0 Å². The Labute approximate surface area is 63.1 Å². The van der Waals surface area contributed by atoms with E-state index in [-0.39, 0.29) is 11.3 Å². The molecule has 1 aromatic rings. The van der Waals surface area contributed by atoms with Crippen molar-refractivity contribution in [2.75, 3.05) is 0 Å². The Morgan fingerprint density at radius 1 is 1.45 bits per heavy atom. The lowest BCUT2D eigenvalue weighted by Crippen LogP contribution is -2.33. The predicted octanol–water partition coefficient (Wildman–Crippen LogP) is -1.97. The first kappa shape index (κ1) is 7.66. The summed E-state index contributed by atoms with van der Waals surface area (Å²) < 4.78 is 0. The van der Waals surface area contributed by atoms with Gasteiger partial charge < -0.3 is 10.0 Å². The van der Waals surface area contributed by atoms with Crippen LogP contribution < -0.4 is 5.59 Å². The van der Waals surface area contributed by atoms with Crippen molar-refractivity contribution in [2.45, 2.75) is 0 Å². The van der Waals surface area contributed by atoms with Gasteiger partial charge in [-0.25, -0.2) is 4.98 Å². The molecule has 0 saturated carbocycles. The molecule has 0 atom stereocenters. The van der Waals surface area contributed by atoms with Crippen LogP contribution in [0.25, 0.3) is 0 Å². The molecule has 6 heteroatoms. The van der Waals surface area contributed by atoms with Crippen molar-refractivity contribution in [1.82, 2.24) is 9.97 Å². The molecule has 5 nitrogen and oxygen atoms in total. The number of rotatable bonds is 1. The van der Waals surface area contributed by atoms with Crippen molar-refractivity contribution in [3.8, 4) is 6.07 Å². The zero-order valence-electron chi connectivity index (χ0n) is 5.47. The molecule has 1 rings (SSSR count). The second-order valence-corrected chi connectivity index (χ2v) is 1.81. The van der Waals surface area contributed by atoms with E-state index in [2.05, 4.69) is 9.97 Å². The molecule has 0 saturated heterocycles. The molecular formula is C5H4BN3O2. The molecule has 0 radical (unpaired) electrons. The summed E-state index contributed by atoms with van der Waals surface area (Å²) in [6.07, 6.45) is 2.43. The summed E-state index contributed by atoms with van der Waals surface area (Å²) in [6, 6.07) is 1.73. The first-order valence-electron chi connectivity index (χ1n) is 2.82. The summed E-state index contributed by atoms with van der Waals surface area (Å²) in [7, 11) is -1.67. The smallest absolute Gasteiger partial charge is 0.422 e. The van der Waals surface area contributed by atoms with Crippen LogP contribution in [0.4, 0.5) is 0 Å². The summed E-state index contributed by atoms with van der Waals surface area (Å²) >= 11 is 0. The molecule has 0 bridgehead atoms. The van der Waals surface area contributed by atoms with Crippen LogP contribution in [0, 0.1) is 11.3 Å². The van der Waals surface area contributed by atoms with E-state index in [4.69, 9.17) is 15.3 Å². The van der Waals surface area contributed by atoms with Crippen LogP contribution in [-0.4, -0.2) is 27.1 Å². The van der Waals surface area contributed by atoms with Crippen molar-refractivity contribution in [3.05, 3.63) is 18.1 Å². The maximum absolute atomic E-state index is 8.59. The van der Waals surface area contributed by atoms with Gasteiger partial charge in [-0.2, -0.15) is 5.26 Å². The van der Waals surface area contributed by atoms with Crippen LogP contribution in [0.2, 0.25) is 0 Å². The fourth-order valence-electron chi connectivity index (χ4n) is 0.559. The minimum atomic E-state index is -1.67. The molecule has 0 aliphatic rings. The van der Waals surface area contributed by atoms with Crippen LogP contribution in [0.15, 0.2) is 12.4 Å². The summed E-state index contributed by atoms with van der Waals surface area (Å²) in [4.78, 5) is 7.14. The first-order valence-corrected chi connectivity index (χ1v) is 2.82. The fourth-order valence-corrected chi connectivity index (χ4v) is 0.559. The van der Waals surface area contributed by atoms with E-state index in [1.807, 2.05) is 0 Å². The zero-order chi connectivity index (χ0) is 8.27. The summed E-state index contributed by atoms with van der Waals surface area (Å²) in [5.41, 5.74) is 0.0413. The summed E-state index contributed by atoms with van der Waals surface area (Å²) in [5, 5.41) is 25.5. The van der Waals surface area contributed by atoms with Crippen LogP contribution >= 0.6 is 0 Å². The highest BCUT2D eigenvalue weighted by atomic mass is 16.4. The molecule has 0 aliphatic carbocycles. The molecule has 0 aliphatic heterocycles. The van der Waals surface area contributed by atoms with Gasteiger partial charge in [-0.05, 0) is 0 Å². The molecule has 1 aromatic heterocycles. The monoisotopic (exact) mass is 149 g/mol. The van der Waals surface area contributed by atoms with Crippen molar-refractivity contribution in [1.29, 1.82) is 5.26 Å². The van der Waals surface area contributed by atoms with Gasteiger partial charge in [-0.1, -0.05) is 0 Å². The van der Waals surface area contributed by atoms with Gasteiger partial charge in [-0.3, -0.25) is 4.98 Å². The third kappa shape index (κ3) is 1.74. The molecule has 0 amide bonds. The molecule has 0 unspecified atom stereocenters. The van der Waals surface area contributed by atoms with Gasteiger partial charge >= 0.3 is 7.12 Å². The van der Waals surface area contributed by atoms with E-state index < -0.39 is 7.12 Å². The molecule has 1 heterocycles. The standard InChI is InChI=1S/C5H4BN3O2/c7-1-4-2-8-3-5(9-4)6(10)11/h2-3,10-11H. The van der Waals surface area contributed by atoms with Gasteiger partial charge in [-0.15, -0.1) is 0 Å². The Morgan fingerprint density at radius 3 is 2.73 bits per heavy atom. The lowest BCUT2D eigenvalue weighted by Gasteiger charge is -1.95. The molecule has 0 spiro atoms. The number of aromatic nitrogens is 2. The second kappa shape index (κ2) is 3.10. The number of nitriles is 1. The number of hydrogen-bond acceptors (Lipinski definition) is 5. The summed E-state index contributed by atoms with van der Waals surface area (Å²) in [5.74, 6) is 0. The number of hydrogen-bond donors (Lipinski definition) is 2. The van der Waals surface area contributed by atoms with E-state index in [1.54, 1.807) is 6.07 Å².